The van der Waals surface area contributed by atoms with E-state index in [1.807, 2.05) is 0 Å². The van der Waals surface area contributed by atoms with Crippen LogP contribution in [0.3, 0.4) is 0 Å². The SMILES string of the molecule is COC(=O)C1=C(C(=O)OC)N(c2ccc(C(=O)NCCO)cc2)C=CC=C1. The second-order valence-electron chi connectivity index (χ2n) is 5.34. The Morgan fingerprint density at radius 2 is 1.70 bits per heavy atom. The Balaban J connectivity index is 2.43. The lowest BCUT2D eigenvalue weighted by molar-refractivity contribution is -0.139. The number of carbonyl (C=O) groups excluding carboxylic acids is 3. The standard InChI is InChI=1S/C19H20N2O6/c1-26-18(24)15-5-3-4-11-21(16(15)19(25)27-2)14-8-6-13(7-9-14)17(23)20-10-12-22/h3-9,11,22H,10,12H2,1-2H3,(H,20,23). The summed E-state index contributed by atoms with van der Waals surface area (Å²) in [5, 5.41) is 11.3. The summed E-state index contributed by atoms with van der Waals surface area (Å²) in [6, 6.07) is 6.39. The zero-order chi connectivity index (χ0) is 19.8. The molecule has 1 aliphatic rings. The third-order valence-electron chi connectivity index (χ3n) is 3.69. The number of anilines is 1. The van der Waals surface area contributed by atoms with Gasteiger partial charge in [0, 0.05) is 24.0 Å². The summed E-state index contributed by atoms with van der Waals surface area (Å²) in [5.74, 6) is -1.72. The van der Waals surface area contributed by atoms with Gasteiger partial charge in [0.15, 0.2) is 0 Å². The van der Waals surface area contributed by atoms with Crippen molar-refractivity contribution in [2.45, 2.75) is 0 Å². The molecule has 0 unspecified atom stereocenters. The summed E-state index contributed by atoms with van der Waals surface area (Å²) in [7, 11) is 2.44. The molecule has 0 bridgehead atoms. The molecule has 0 spiro atoms. The lowest BCUT2D eigenvalue weighted by Crippen LogP contribution is -2.27. The number of esters is 2. The molecule has 2 N–H and O–H groups in total. The average molecular weight is 372 g/mol. The van der Waals surface area contributed by atoms with Crippen molar-refractivity contribution < 1.29 is 29.0 Å². The molecule has 142 valence electrons. The molecule has 27 heavy (non-hydrogen) atoms. The quantitative estimate of drug-likeness (QED) is 0.715. The largest absolute Gasteiger partial charge is 0.465 e. The topological polar surface area (TPSA) is 105 Å². The van der Waals surface area contributed by atoms with E-state index in [4.69, 9.17) is 14.6 Å². The van der Waals surface area contributed by atoms with Crippen molar-refractivity contribution >= 4 is 23.5 Å². The van der Waals surface area contributed by atoms with E-state index >= 15 is 0 Å². The Hall–Kier alpha value is -3.39. The minimum Gasteiger partial charge on any atom is -0.465 e. The molecule has 0 saturated heterocycles. The summed E-state index contributed by atoms with van der Waals surface area (Å²) < 4.78 is 9.59. The highest BCUT2D eigenvalue weighted by Gasteiger charge is 2.27. The number of aliphatic hydroxyl groups excluding tert-OH is 1. The van der Waals surface area contributed by atoms with Gasteiger partial charge in [-0.05, 0) is 36.4 Å². The van der Waals surface area contributed by atoms with Crippen LogP contribution in [-0.2, 0) is 19.1 Å². The van der Waals surface area contributed by atoms with Gasteiger partial charge in [-0.2, -0.15) is 0 Å². The zero-order valence-corrected chi connectivity index (χ0v) is 15.0. The monoisotopic (exact) mass is 372 g/mol. The number of nitrogens with zero attached hydrogens (tertiary/aromatic N) is 1. The molecule has 1 amide bonds. The fraction of sp³-hybridized carbons (Fsp3) is 0.211. The number of hydrogen-bond donors (Lipinski definition) is 2. The molecule has 0 aliphatic carbocycles. The number of benzene rings is 1. The van der Waals surface area contributed by atoms with Gasteiger partial charge < -0.3 is 24.8 Å². The van der Waals surface area contributed by atoms with Gasteiger partial charge in [0.1, 0.15) is 5.70 Å². The summed E-state index contributed by atoms with van der Waals surface area (Å²) in [6.45, 7) is -0.00216. The number of methoxy groups -OCH3 is 2. The number of carbonyl (C=O) groups is 3. The first kappa shape index (κ1) is 19.9. The van der Waals surface area contributed by atoms with Crippen LogP contribution in [0.4, 0.5) is 5.69 Å². The van der Waals surface area contributed by atoms with Crippen LogP contribution < -0.4 is 10.2 Å². The molecule has 1 aromatic carbocycles. The molecule has 8 heteroatoms. The van der Waals surface area contributed by atoms with Crippen molar-refractivity contribution in [3.05, 3.63) is 65.5 Å². The molecule has 1 aromatic rings. The van der Waals surface area contributed by atoms with Crippen molar-refractivity contribution in [2.24, 2.45) is 0 Å². The van der Waals surface area contributed by atoms with Gasteiger partial charge in [-0.25, -0.2) is 9.59 Å². The van der Waals surface area contributed by atoms with E-state index in [-0.39, 0.29) is 30.3 Å². The van der Waals surface area contributed by atoms with E-state index in [2.05, 4.69) is 5.32 Å². The van der Waals surface area contributed by atoms with E-state index in [1.165, 1.54) is 25.2 Å². The van der Waals surface area contributed by atoms with Gasteiger partial charge in [-0.1, -0.05) is 6.08 Å². The van der Waals surface area contributed by atoms with E-state index in [0.717, 1.165) is 0 Å². The maximum atomic E-state index is 12.3. The summed E-state index contributed by atoms with van der Waals surface area (Å²) in [4.78, 5) is 37.9. The minimum absolute atomic E-state index is 0.00756. The Morgan fingerprint density at radius 1 is 1.04 bits per heavy atom. The molecule has 0 atom stereocenters. The first-order valence-corrected chi connectivity index (χ1v) is 8.07. The molecule has 1 aliphatic heterocycles. The van der Waals surface area contributed by atoms with Gasteiger partial charge in [0.05, 0.1) is 26.4 Å². The number of nitrogens with one attached hydrogen (secondary N) is 1. The van der Waals surface area contributed by atoms with Crippen molar-refractivity contribution in [3.8, 4) is 0 Å². The van der Waals surface area contributed by atoms with Gasteiger partial charge in [0.2, 0.25) is 0 Å². The van der Waals surface area contributed by atoms with Gasteiger partial charge in [0.25, 0.3) is 5.91 Å². The number of amides is 1. The normalized spacial score (nSPS) is 13.2. The average Bonchev–Trinajstić information content (AvgIpc) is 2.93. The van der Waals surface area contributed by atoms with Crippen molar-refractivity contribution in [1.29, 1.82) is 0 Å². The van der Waals surface area contributed by atoms with Crippen LogP contribution in [0.15, 0.2) is 60.0 Å². The zero-order valence-electron chi connectivity index (χ0n) is 15.0. The second kappa shape index (κ2) is 9.35. The molecular formula is C19H20N2O6. The molecule has 0 radical (unpaired) electrons. The van der Waals surface area contributed by atoms with Crippen LogP contribution in [0.5, 0.6) is 0 Å². The third-order valence-corrected chi connectivity index (χ3v) is 3.69. The Labute approximate surface area is 156 Å². The molecule has 1 heterocycles. The third kappa shape index (κ3) is 4.62. The van der Waals surface area contributed by atoms with Crippen LogP contribution >= 0.6 is 0 Å². The van der Waals surface area contributed by atoms with Crippen molar-refractivity contribution in [1.82, 2.24) is 5.32 Å². The molecule has 0 saturated carbocycles. The molecule has 2 rings (SSSR count). The smallest absolute Gasteiger partial charge is 0.355 e. The van der Waals surface area contributed by atoms with Gasteiger partial charge >= 0.3 is 11.9 Å². The maximum Gasteiger partial charge on any atom is 0.355 e. The van der Waals surface area contributed by atoms with E-state index < -0.39 is 11.9 Å². The van der Waals surface area contributed by atoms with Gasteiger partial charge in [-0.15, -0.1) is 0 Å². The highest BCUT2D eigenvalue weighted by molar-refractivity contribution is 6.05. The first-order valence-electron chi connectivity index (χ1n) is 8.07. The van der Waals surface area contributed by atoms with Crippen molar-refractivity contribution in [2.75, 3.05) is 32.3 Å². The second-order valence-corrected chi connectivity index (χ2v) is 5.34. The van der Waals surface area contributed by atoms with Crippen LogP contribution in [-0.4, -0.2) is 50.3 Å². The van der Waals surface area contributed by atoms with Crippen LogP contribution in [0.25, 0.3) is 0 Å². The minimum atomic E-state index is -0.712. The van der Waals surface area contributed by atoms with E-state index in [1.54, 1.807) is 42.6 Å². The Bertz CT molecular complexity index is 808. The van der Waals surface area contributed by atoms with E-state index in [0.29, 0.717) is 11.3 Å². The predicted molar refractivity (Wildman–Crippen MR) is 97.7 cm³/mol. The summed E-state index contributed by atoms with van der Waals surface area (Å²) >= 11 is 0. The molecule has 8 nitrogen and oxygen atoms in total. The van der Waals surface area contributed by atoms with Crippen molar-refractivity contribution in [3.63, 3.8) is 0 Å². The highest BCUT2D eigenvalue weighted by atomic mass is 16.5. The summed E-state index contributed by atoms with van der Waals surface area (Å²) in [6.07, 6.45) is 6.32. The number of allylic oxidation sites excluding steroid dienone is 2. The van der Waals surface area contributed by atoms with E-state index in [9.17, 15) is 14.4 Å². The fourth-order valence-electron chi connectivity index (χ4n) is 2.41. The van der Waals surface area contributed by atoms with Gasteiger partial charge in [-0.3, -0.25) is 4.79 Å². The van der Waals surface area contributed by atoms with Crippen LogP contribution in [0.1, 0.15) is 10.4 Å². The number of ether oxygens (including phenoxy) is 2. The molecule has 0 aromatic heterocycles. The fourth-order valence-corrected chi connectivity index (χ4v) is 2.41. The predicted octanol–water partition coefficient (Wildman–Crippen LogP) is 0.899. The Kier molecular flexibility index (Phi) is 6.90. The lowest BCUT2D eigenvalue weighted by Gasteiger charge is -2.23. The molecule has 0 fully saturated rings. The highest BCUT2D eigenvalue weighted by Crippen LogP contribution is 2.26. The summed E-state index contributed by atoms with van der Waals surface area (Å²) in [5.41, 5.74) is 0.960. The lowest BCUT2D eigenvalue weighted by atomic mass is 10.1. The van der Waals surface area contributed by atoms with Crippen LogP contribution in [0.2, 0.25) is 0 Å². The number of rotatable bonds is 6. The van der Waals surface area contributed by atoms with Crippen LogP contribution in [0, 0.1) is 0 Å². The first-order chi connectivity index (χ1) is 13.0. The number of aliphatic hydroxyl groups is 1. The molecular weight excluding hydrogens is 352 g/mol. The Morgan fingerprint density at radius 3 is 2.30 bits per heavy atom. The maximum absolute atomic E-state index is 12.3. The number of hydrogen-bond acceptors (Lipinski definition) is 7.